The van der Waals surface area contributed by atoms with Crippen molar-refractivity contribution in [3.8, 4) is 0 Å². The Labute approximate surface area is 165 Å². The third kappa shape index (κ3) is 5.70. The molecule has 1 aliphatic rings. The molecular formula is C18H23N5O2S2. The average molecular weight is 406 g/mol. The van der Waals surface area contributed by atoms with Crippen molar-refractivity contribution in [2.45, 2.75) is 17.9 Å². The second-order valence-corrected chi connectivity index (χ2v) is 8.42. The molecule has 0 saturated carbocycles. The van der Waals surface area contributed by atoms with E-state index >= 15 is 0 Å². The average Bonchev–Trinajstić information content (AvgIpc) is 2.88. The van der Waals surface area contributed by atoms with Crippen LogP contribution in [0.4, 0.5) is 5.69 Å². The van der Waals surface area contributed by atoms with E-state index in [4.69, 9.17) is 17.4 Å². The molecule has 9 heteroatoms. The molecule has 0 bridgehead atoms. The molecule has 0 spiro atoms. The van der Waals surface area contributed by atoms with Crippen LogP contribution in [0.5, 0.6) is 0 Å². The zero-order valence-corrected chi connectivity index (χ0v) is 16.5. The SMILES string of the molecule is NS(=O)(=O)c1ccc(NC(=S)N2CCCN(Cc3ccncc3)CC2)cc1. The molecule has 0 unspecified atom stereocenters. The zero-order chi connectivity index (χ0) is 19.3. The maximum absolute atomic E-state index is 11.3. The van der Waals surface area contributed by atoms with Gasteiger partial charge in [-0.05, 0) is 60.6 Å². The monoisotopic (exact) mass is 405 g/mol. The van der Waals surface area contributed by atoms with Gasteiger partial charge in [0.1, 0.15) is 0 Å². The quantitative estimate of drug-likeness (QED) is 0.747. The molecule has 1 aromatic heterocycles. The summed E-state index contributed by atoms with van der Waals surface area (Å²) in [6, 6.07) is 10.4. The molecule has 0 aliphatic carbocycles. The molecule has 0 radical (unpaired) electrons. The number of anilines is 1. The number of sulfonamides is 1. The van der Waals surface area contributed by atoms with Crippen molar-refractivity contribution in [2.24, 2.45) is 5.14 Å². The first-order chi connectivity index (χ1) is 12.9. The van der Waals surface area contributed by atoms with E-state index in [2.05, 4.69) is 20.1 Å². The summed E-state index contributed by atoms with van der Waals surface area (Å²) in [5, 5.41) is 8.94. The van der Waals surface area contributed by atoms with Gasteiger partial charge in [-0.25, -0.2) is 13.6 Å². The minimum Gasteiger partial charge on any atom is -0.348 e. The number of nitrogens with one attached hydrogen (secondary N) is 1. The number of hydrogen-bond donors (Lipinski definition) is 2. The molecule has 1 fully saturated rings. The van der Waals surface area contributed by atoms with Crippen LogP contribution in [0.25, 0.3) is 0 Å². The normalized spacial score (nSPS) is 16.0. The van der Waals surface area contributed by atoms with Gasteiger partial charge in [0.2, 0.25) is 10.0 Å². The van der Waals surface area contributed by atoms with Crippen LogP contribution in [0, 0.1) is 0 Å². The Morgan fingerprint density at radius 3 is 2.44 bits per heavy atom. The molecule has 3 N–H and O–H groups in total. The first-order valence-electron chi connectivity index (χ1n) is 8.72. The molecule has 3 rings (SSSR count). The molecule has 7 nitrogen and oxygen atoms in total. The molecule has 1 aliphatic heterocycles. The first-order valence-corrected chi connectivity index (χ1v) is 10.7. The Hall–Kier alpha value is -2.07. The van der Waals surface area contributed by atoms with Crippen molar-refractivity contribution in [2.75, 3.05) is 31.5 Å². The van der Waals surface area contributed by atoms with Crippen molar-refractivity contribution in [1.82, 2.24) is 14.8 Å². The fourth-order valence-corrected chi connectivity index (χ4v) is 3.82. The highest BCUT2D eigenvalue weighted by atomic mass is 32.2. The molecular weight excluding hydrogens is 382 g/mol. The highest BCUT2D eigenvalue weighted by Crippen LogP contribution is 2.15. The van der Waals surface area contributed by atoms with E-state index in [-0.39, 0.29) is 4.90 Å². The molecule has 1 saturated heterocycles. The first kappa shape index (κ1) is 19.7. The van der Waals surface area contributed by atoms with Crippen molar-refractivity contribution < 1.29 is 8.42 Å². The van der Waals surface area contributed by atoms with Crippen LogP contribution in [0.2, 0.25) is 0 Å². The van der Waals surface area contributed by atoms with Crippen LogP contribution in [-0.4, -0.2) is 54.5 Å². The molecule has 0 atom stereocenters. The fourth-order valence-electron chi connectivity index (χ4n) is 3.01. The minimum absolute atomic E-state index is 0.0838. The van der Waals surface area contributed by atoms with Gasteiger partial charge in [0.15, 0.2) is 5.11 Å². The molecule has 2 heterocycles. The summed E-state index contributed by atoms with van der Waals surface area (Å²) in [6.45, 7) is 4.57. The van der Waals surface area contributed by atoms with Gasteiger partial charge in [0.25, 0.3) is 0 Å². The number of hydrogen-bond acceptors (Lipinski definition) is 5. The van der Waals surface area contributed by atoms with Crippen molar-refractivity contribution in [3.63, 3.8) is 0 Å². The highest BCUT2D eigenvalue weighted by Gasteiger charge is 2.17. The van der Waals surface area contributed by atoms with Gasteiger partial charge in [-0.2, -0.15) is 0 Å². The van der Waals surface area contributed by atoms with Gasteiger partial charge in [0.05, 0.1) is 4.90 Å². The van der Waals surface area contributed by atoms with E-state index in [9.17, 15) is 8.42 Å². The van der Waals surface area contributed by atoms with Crippen molar-refractivity contribution in [1.29, 1.82) is 0 Å². The van der Waals surface area contributed by atoms with E-state index in [0.29, 0.717) is 5.11 Å². The van der Waals surface area contributed by atoms with Gasteiger partial charge in [-0.15, -0.1) is 0 Å². The summed E-state index contributed by atoms with van der Waals surface area (Å²) in [5.41, 5.74) is 2.00. The second-order valence-electron chi connectivity index (χ2n) is 6.47. The molecule has 1 aromatic carbocycles. The number of benzene rings is 1. The summed E-state index contributed by atoms with van der Waals surface area (Å²) in [4.78, 5) is 8.71. The topological polar surface area (TPSA) is 91.6 Å². The third-order valence-corrected chi connectivity index (χ3v) is 5.75. The maximum Gasteiger partial charge on any atom is 0.238 e. The number of primary sulfonamides is 1. The molecule has 2 aromatic rings. The van der Waals surface area contributed by atoms with Gasteiger partial charge in [0, 0.05) is 50.8 Å². The zero-order valence-electron chi connectivity index (χ0n) is 14.9. The third-order valence-electron chi connectivity index (χ3n) is 4.47. The Morgan fingerprint density at radius 1 is 1.07 bits per heavy atom. The number of rotatable bonds is 4. The van der Waals surface area contributed by atoms with E-state index in [1.165, 1.54) is 17.7 Å². The Morgan fingerprint density at radius 2 is 1.78 bits per heavy atom. The summed E-state index contributed by atoms with van der Waals surface area (Å²) in [7, 11) is -3.69. The lowest BCUT2D eigenvalue weighted by molar-refractivity contribution is 0.278. The Bertz CT molecular complexity index is 872. The molecule has 144 valence electrons. The maximum atomic E-state index is 11.3. The number of thiocarbonyl (C=S) groups is 1. The summed E-state index contributed by atoms with van der Waals surface area (Å²) < 4.78 is 22.7. The van der Waals surface area contributed by atoms with Crippen molar-refractivity contribution in [3.05, 3.63) is 54.4 Å². The Kier molecular flexibility index (Phi) is 6.38. The number of nitrogens with zero attached hydrogens (tertiary/aromatic N) is 3. The standard InChI is InChI=1S/C18H23N5O2S2/c19-27(24,25)17-4-2-16(3-5-17)21-18(26)23-11-1-10-22(12-13-23)14-15-6-8-20-9-7-15/h2-9H,1,10-14H2,(H,21,26)(H2,19,24,25). The summed E-state index contributed by atoms with van der Waals surface area (Å²) in [5.74, 6) is 0. The predicted molar refractivity (Wildman–Crippen MR) is 110 cm³/mol. The van der Waals surface area contributed by atoms with Gasteiger partial charge in [-0.3, -0.25) is 9.88 Å². The Balaban J connectivity index is 1.55. The number of nitrogens with two attached hydrogens (primary N) is 1. The fraction of sp³-hybridized carbons (Fsp3) is 0.333. The van der Waals surface area contributed by atoms with Crippen molar-refractivity contribution >= 4 is 33.0 Å². The minimum atomic E-state index is -3.69. The lowest BCUT2D eigenvalue weighted by Gasteiger charge is -2.24. The number of pyridine rings is 1. The lowest BCUT2D eigenvalue weighted by atomic mass is 10.2. The lowest BCUT2D eigenvalue weighted by Crippen LogP contribution is -2.37. The van der Waals surface area contributed by atoms with Crippen LogP contribution in [0.1, 0.15) is 12.0 Å². The van der Waals surface area contributed by atoms with E-state index in [1.54, 1.807) is 12.1 Å². The van der Waals surface area contributed by atoms with Gasteiger partial charge < -0.3 is 10.2 Å². The summed E-state index contributed by atoms with van der Waals surface area (Å²) >= 11 is 5.54. The number of aromatic nitrogens is 1. The van der Waals surface area contributed by atoms with E-state index < -0.39 is 10.0 Å². The van der Waals surface area contributed by atoms with Crippen LogP contribution in [0.15, 0.2) is 53.7 Å². The van der Waals surface area contributed by atoms with Gasteiger partial charge >= 0.3 is 0 Å². The van der Waals surface area contributed by atoms with E-state index in [0.717, 1.165) is 44.8 Å². The second kappa shape index (κ2) is 8.75. The van der Waals surface area contributed by atoms with Crippen LogP contribution < -0.4 is 10.5 Å². The predicted octanol–water partition coefficient (Wildman–Crippen LogP) is 1.63. The smallest absolute Gasteiger partial charge is 0.238 e. The largest absolute Gasteiger partial charge is 0.348 e. The molecule has 0 amide bonds. The van der Waals surface area contributed by atoms with E-state index in [1.807, 2.05) is 24.5 Å². The summed E-state index contributed by atoms with van der Waals surface area (Å²) in [6.07, 6.45) is 4.66. The van der Waals surface area contributed by atoms with Crippen LogP contribution in [0.3, 0.4) is 0 Å². The van der Waals surface area contributed by atoms with Gasteiger partial charge in [-0.1, -0.05) is 0 Å². The van der Waals surface area contributed by atoms with Crippen LogP contribution >= 0.6 is 12.2 Å². The highest BCUT2D eigenvalue weighted by molar-refractivity contribution is 7.89. The van der Waals surface area contributed by atoms with Crippen LogP contribution in [-0.2, 0) is 16.6 Å². The molecule has 27 heavy (non-hydrogen) atoms.